The minimum absolute atomic E-state index is 0.0706. The van der Waals surface area contributed by atoms with Gasteiger partial charge in [0.05, 0.1) is 46.2 Å². The van der Waals surface area contributed by atoms with Crippen LogP contribution in [0, 0.1) is 6.92 Å². The molecule has 0 aliphatic heterocycles. The summed E-state index contributed by atoms with van der Waals surface area (Å²) in [6.45, 7) is 2.92. The van der Waals surface area contributed by atoms with Gasteiger partial charge in [0.1, 0.15) is 5.76 Å². The van der Waals surface area contributed by atoms with Crippen molar-refractivity contribution in [3.8, 4) is 0 Å². The van der Waals surface area contributed by atoms with E-state index in [-0.39, 0.29) is 43.7 Å². The molecule has 0 saturated carbocycles. The monoisotopic (exact) mass is 577 g/mol. The van der Waals surface area contributed by atoms with Gasteiger partial charge in [-0.05, 0) is 55.0 Å². The van der Waals surface area contributed by atoms with E-state index in [1.54, 1.807) is 12.1 Å². The Bertz CT molecular complexity index is 1440. The van der Waals surface area contributed by atoms with Gasteiger partial charge in [-0.15, -0.1) is 0 Å². The number of benzene rings is 2. The molecule has 38 heavy (non-hydrogen) atoms. The average Bonchev–Trinajstić information content (AvgIpc) is 3.60. The quantitative estimate of drug-likeness (QED) is 0.234. The molecule has 202 valence electrons. The van der Waals surface area contributed by atoms with Crippen LogP contribution in [0.1, 0.15) is 21.7 Å². The molecule has 0 unspecified atom stereocenters. The number of aromatic nitrogens is 1. The molecule has 1 amide bonds. The molecule has 0 aliphatic rings. The highest BCUT2D eigenvalue weighted by Crippen LogP contribution is 2.36. The van der Waals surface area contributed by atoms with Crippen LogP contribution in [0.2, 0.25) is 5.02 Å². The first-order valence-corrected chi connectivity index (χ1v) is 14.4. The maximum atomic E-state index is 13.7. The Balaban J connectivity index is 1.66. The smallest absolute Gasteiger partial charge is 0.260 e. The SMILES string of the molecule is COCCN(CCOC)S(=O)(=O)c1ccc(C(=O)N(Cc2ccco2)c2nc3c(C)ccc(Cl)c3s2)cc1. The van der Waals surface area contributed by atoms with E-state index in [4.69, 9.17) is 30.5 Å². The Morgan fingerprint density at radius 2 is 1.74 bits per heavy atom. The summed E-state index contributed by atoms with van der Waals surface area (Å²) >= 11 is 7.72. The molecule has 0 bridgehead atoms. The number of ether oxygens (including phenoxy) is 2. The first-order valence-electron chi connectivity index (χ1n) is 11.7. The number of rotatable bonds is 12. The second-order valence-corrected chi connectivity index (χ2v) is 11.7. The molecule has 0 aliphatic carbocycles. The number of fused-ring (bicyclic) bond motifs is 1. The predicted molar refractivity (Wildman–Crippen MR) is 148 cm³/mol. The number of hydrogen-bond acceptors (Lipinski definition) is 8. The van der Waals surface area contributed by atoms with E-state index in [0.717, 1.165) is 15.8 Å². The van der Waals surface area contributed by atoms with Crippen LogP contribution in [0.4, 0.5) is 5.13 Å². The van der Waals surface area contributed by atoms with Gasteiger partial charge in [-0.3, -0.25) is 9.69 Å². The van der Waals surface area contributed by atoms with E-state index in [2.05, 4.69) is 0 Å². The molecule has 4 aromatic rings. The lowest BCUT2D eigenvalue weighted by molar-refractivity contribution is 0.0983. The largest absolute Gasteiger partial charge is 0.467 e. The van der Waals surface area contributed by atoms with Gasteiger partial charge in [0, 0.05) is 32.9 Å². The number of aryl methyl sites for hydroxylation is 1. The fourth-order valence-corrected chi connectivity index (χ4v) is 6.53. The zero-order chi connectivity index (χ0) is 27.3. The fourth-order valence-electron chi connectivity index (χ4n) is 3.80. The van der Waals surface area contributed by atoms with Gasteiger partial charge in [-0.2, -0.15) is 4.31 Å². The number of halogens is 1. The van der Waals surface area contributed by atoms with Crippen LogP contribution in [-0.4, -0.2) is 64.1 Å². The summed E-state index contributed by atoms with van der Waals surface area (Å²) in [5, 5.41) is 1.01. The molecule has 2 aromatic carbocycles. The van der Waals surface area contributed by atoms with Crippen LogP contribution in [0.5, 0.6) is 0 Å². The molecular weight excluding hydrogens is 550 g/mol. The second-order valence-electron chi connectivity index (χ2n) is 8.42. The number of anilines is 1. The van der Waals surface area contributed by atoms with Crippen LogP contribution < -0.4 is 4.90 Å². The van der Waals surface area contributed by atoms with Crippen molar-refractivity contribution in [2.75, 3.05) is 45.4 Å². The Morgan fingerprint density at radius 1 is 1.05 bits per heavy atom. The average molecular weight is 578 g/mol. The van der Waals surface area contributed by atoms with Gasteiger partial charge in [-0.1, -0.05) is 29.0 Å². The van der Waals surface area contributed by atoms with Gasteiger partial charge in [0.2, 0.25) is 10.0 Å². The third-order valence-corrected chi connectivity index (χ3v) is 9.34. The van der Waals surface area contributed by atoms with E-state index in [1.807, 2.05) is 19.1 Å². The number of furan rings is 1. The predicted octanol–water partition coefficient (Wildman–Crippen LogP) is 4.98. The highest BCUT2D eigenvalue weighted by molar-refractivity contribution is 7.89. The lowest BCUT2D eigenvalue weighted by Crippen LogP contribution is -2.36. The topological polar surface area (TPSA) is 102 Å². The highest BCUT2D eigenvalue weighted by atomic mass is 35.5. The van der Waals surface area contributed by atoms with E-state index < -0.39 is 10.0 Å². The van der Waals surface area contributed by atoms with Crippen molar-refractivity contribution in [2.24, 2.45) is 0 Å². The standard InChI is InChI=1S/C26H28ClN3O6S2/c1-18-6-11-22(27)24-23(18)28-26(37-24)30(17-20-5-4-14-36-20)25(31)19-7-9-21(10-8-19)38(32,33)29(12-15-34-2)13-16-35-3/h4-11,14H,12-13,15-17H2,1-3H3. The maximum Gasteiger partial charge on any atom is 0.260 e. The Hall–Kier alpha value is -2.80. The van der Waals surface area contributed by atoms with Crippen LogP contribution in [-0.2, 0) is 26.0 Å². The lowest BCUT2D eigenvalue weighted by atomic mass is 10.2. The molecule has 0 saturated heterocycles. The lowest BCUT2D eigenvalue weighted by Gasteiger charge is -2.22. The van der Waals surface area contributed by atoms with Crippen molar-refractivity contribution in [1.82, 2.24) is 9.29 Å². The first-order chi connectivity index (χ1) is 18.3. The summed E-state index contributed by atoms with van der Waals surface area (Å²) < 4.78 is 44.2. The number of carbonyl (C=O) groups excluding carboxylic acids is 1. The fraction of sp³-hybridized carbons (Fsp3) is 0.308. The molecule has 0 atom stereocenters. The molecule has 0 radical (unpaired) electrons. The number of sulfonamides is 1. The van der Waals surface area contributed by atoms with Gasteiger partial charge in [-0.25, -0.2) is 13.4 Å². The summed E-state index contributed by atoms with van der Waals surface area (Å²) in [4.78, 5) is 20.0. The third kappa shape index (κ3) is 6.09. The number of nitrogens with zero attached hydrogens (tertiary/aromatic N) is 3. The molecule has 2 heterocycles. The van der Waals surface area contributed by atoms with Crippen molar-refractivity contribution < 1.29 is 27.1 Å². The third-order valence-electron chi connectivity index (χ3n) is 5.88. The molecular formula is C26H28ClN3O6S2. The van der Waals surface area contributed by atoms with Gasteiger partial charge >= 0.3 is 0 Å². The molecule has 12 heteroatoms. The van der Waals surface area contributed by atoms with Gasteiger partial charge in [0.25, 0.3) is 5.91 Å². The minimum Gasteiger partial charge on any atom is -0.467 e. The number of thiazole rings is 1. The zero-order valence-electron chi connectivity index (χ0n) is 21.2. The number of hydrogen-bond donors (Lipinski definition) is 0. The molecule has 0 fully saturated rings. The van der Waals surface area contributed by atoms with Gasteiger partial charge < -0.3 is 13.9 Å². The number of carbonyl (C=O) groups is 1. The van der Waals surface area contributed by atoms with Crippen LogP contribution in [0.25, 0.3) is 10.2 Å². The van der Waals surface area contributed by atoms with Crippen molar-refractivity contribution in [3.05, 3.63) is 76.7 Å². The molecule has 2 aromatic heterocycles. The molecule has 4 rings (SSSR count). The molecule has 0 spiro atoms. The van der Waals surface area contributed by atoms with E-state index in [0.29, 0.717) is 21.5 Å². The highest BCUT2D eigenvalue weighted by Gasteiger charge is 2.27. The maximum absolute atomic E-state index is 13.7. The minimum atomic E-state index is -3.82. The zero-order valence-corrected chi connectivity index (χ0v) is 23.6. The summed E-state index contributed by atoms with van der Waals surface area (Å²) in [5.74, 6) is 0.223. The summed E-state index contributed by atoms with van der Waals surface area (Å²) in [6.07, 6.45) is 1.54. The van der Waals surface area contributed by atoms with Crippen molar-refractivity contribution >= 4 is 54.2 Å². The van der Waals surface area contributed by atoms with E-state index >= 15 is 0 Å². The summed E-state index contributed by atoms with van der Waals surface area (Å²) in [6, 6.07) is 13.1. The van der Waals surface area contributed by atoms with Crippen molar-refractivity contribution in [2.45, 2.75) is 18.4 Å². The first kappa shape index (κ1) is 28.2. The normalized spacial score (nSPS) is 11.9. The number of methoxy groups -OCH3 is 2. The van der Waals surface area contributed by atoms with Crippen LogP contribution in [0.3, 0.4) is 0 Å². The second kappa shape index (κ2) is 12.4. The summed E-state index contributed by atoms with van der Waals surface area (Å²) in [7, 11) is -0.799. The van der Waals surface area contributed by atoms with E-state index in [9.17, 15) is 13.2 Å². The van der Waals surface area contributed by atoms with Gasteiger partial charge in [0.15, 0.2) is 5.13 Å². The Kier molecular flexibility index (Phi) is 9.19. The Labute approximate surface area is 230 Å². The summed E-state index contributed by atoms with van der Waals surface area (Å²) in [5.41, 5.74) is 1.97. The van der Waals surface area contributed by atoms with Crippen molar-refractivity contribution in [3.63, 3.8) is 0 Å². The van der Waals surface area contributed by atoms with Crippen LogP contribution in [0.15, 0.2) is 64.1 Å². The molecule has 0 N–H and O–H groups in total. The van der Waals surface area contributed by atoms with Crippen LogP contribution >= 0.6 is 22.9 Å². The van der Waals surface area contributed by atoms with E-state index in [1.165, 1.54) is 65.3 Å². The molecule has 9 nitrogen and oxygen atoms in total. The Morgan fingerprint density at radius 3 is 2.32 bits per heavy atom. The van der Waals surface area contributed by atoms with Crippen molar-refractivity contribution in [1.29, 1.82) is 0 Å². The number of amides is 1.